The topological polar surface area (TPSA) is 54.6 Å². The summed E-state index contributed by atoms with van der Waals surface area (Å²) >= 11 is 5.84. The van der Waals surface area contributed by atoms with Crippen molar-refractivity contribution in [3.8, 4) is 0 Å². The van der Waals surface area contributed by atoms with Gasteiger partial charge in [0.05, 0.1) is 5.69 Å². The Bertz CT molecular complexity index is 548. The van der Waals surface area contributed by atoms with Crippen LogP contribution in [-0.4, -0.2) is 20.5 Å². The van der Waals surface area contributed by atoms with E-state index in [1.807, 2.05) is 6.92 Å². The van der Waals surface area contributed by atoms with Gasteiger partial charge in [-0.15, -0.1) is 0 Å². The first-order valence-electron chi connectivity index (χ1n) is 5.03. The lowest BCUT2D eigenvalue weighted by atomic mass is 10.2. The molecule has 0 aromatic carbocycles. The molecule has 0 radical (unpaired) electrons. The van der Waals surface area contributed by atoms with Gasteiger partial charge < -0.3 is 5.11 Å². The molecule has 0 spiro atoms. The van der Waals surface area contributed by atoms with Crippen LogP contribution in [0.3, 0.4) is 0 Å². The van der Waals surface area contributed by atoms with Crippen molar-refractivity contribution >= 4 is 23.2 Å². The Morgan fingerprint density at radius 2 is 2.38 bits per heavy atom. The third-order valence-corrected chi connectivity index (χ3v) is 2.58. The lowest BCUT2D eigenvalue weighted by Crippen LogP contribution is -2.05. The van der Waals surface area contributed by atoms with E-state index < -0.39 is 5.97 Å². The van der Waals surface area contributed by atoms with Crippen molar-refractivity contribution in [2.45, 2.75) is 19.8 Å². The van der Waals surface area contributed by atoms with E-state index in [0.29, 0.717) is 22.8 Å². The van der Waals surface area contributed by atoms with Gasteiger partial charge in [-0.05, 0) is 12.5 Å². The predicted molar refractivity (Wildman–Crippen MR) is 61.2 cm³/mol. The van der Waals surface area contributed by atoms with E-state index in [4.69, 9.17) is 16.7 Å². The number of pyridine rings is 1. The lowest BCUT2D eigenvalue weighted by molar-refractivity contribution is 0.0688. The average Bonchev–Trinajstić information content (AvgIpc) is 2.55. The maximum atomic E-state index is 11.2. The fourth-order valence-electron chi connectivity index (χ4n) is 1.71. The van der Waals surface area contributed by atoms with Gasteiger partial charge in [0.25, 0.3) is 0 Å². The molecule has 0 fully saturated rings. The molecule has 0 aliphatic rings. The first-order valence-corrected chi connectivity index (χ1v) is 5.41. The van der Waals surface area contributed by atoms with E-state index in [2.05, 4.69) is 4.98 Å². The zero-order valence-electron chi connectivity index (χ0n) is 8.77. The molecule has 0 aliphatic carbocycles. The number of nitrogens with zero attached hydrogens (tertiary/aromatic N) is 2. The molecule has 0 saturated heterocycles. The summed E-state index contributed by atoms with van der Waals surface area (Å²) in [6.07, 6.45) is 3.14. The van der Waals surface area contributed by atoms with Crippen molar-refractivity contribution in [1.29, 1.82) is 0 Å². The first kappa shape index (κ1) is 11.0. The third kappa shape index (κ3) is 1.76. The van der Waals surface area contributed by atoms with Gasteiger partial charge in [-0.25, -0.2) is 9.78 Å². The molecule has 5 heteroatoms. The second kappa shape index (κ2) is 4.14. The molecule has 2 aromatic rings. The van der Waals surface area contributed by atoms with E-state index in [0.717, 1.165) is 6.42 Å². The molecule has 16 heavy (non-hydrogen) atoms. The number of carboxylic acid groups (broad SMARTS) is 1. The van der Waals surface area contributed by atoms with Crippen LogP contribution >= 0.6 is 11.6 Å². The van der Waals surface area contributed by atoms with E-state index in [1.54, 1.807) is 22.7 Å². The molecule has 84 valence electrons. The zero-order chi connectivity index (χ0) is 11.7. The molecule has 4 nitrogen and oxygen atoms in total. The summed E-state index contributed by atoms with van der Waals surface area (Å²) in [5.41, 5.74) is 1.42. The van der Waals surface area contributed by atoms with Crippen molar-refractivity contribution in [3.05, 3.63) is 34.7 Å². The molecule has 1 N–H and O–H groups in total. The van der Waals surface area contributed by atoms with Crippen LogP contribution in [0.4, 0.5) is 0 Å². The summed E-state index contributed by atoms with van der Waals surface area (Å²) in [6, 6.07) is 3.31. The van der Waals surface area contributed by atoms with E-state index in [9.17, 15) is 4.79 Å². The molecule has 0 bridgehead atoms. The Hall–Kier alpha value is -1.55. The molecule has 0 amide bonds. The van der Waals surface area contributed by atoms with Gasteiger partial charge in [-0.3, -0.25) is 4.40 Å². The quantitative estimate of drug-likeness (QED) is 0.894. The number of aromatic carboxylic acids is 1. The number of carboxylic acids is 1. The van der Waals surface area contributed by atoms with Crippen LogP contribution < -0.4 is 0 Å². The van der Waals surface area contributed by atoms with Crippen molar-refractivity contribution in [2.24, 2.45) is 0 Å². The predicted octanol–water partition coefficient (Wildman–Crippen LogP) is 2.64. The number of aryl methyl sites for hydroxylation is 1. The molecule has 2 heterocycles. The largest absolute Gasteiger partial charge is 0.477 e. The number of fused-ring (bicyclic) bond motifs is 1. The molecular weight excluding hydrogens is 228 g/mol. The van der Waals surface area contributed by atoms with E-state index >= 15 is 0 Å². The number of carbonyl (C=O) groups is 1. The Morgan fingerprint density at radius 1 is 1.62 bits per heavy atom. The fraction of sp³-hybridized carbons (Fsp3) is 0.273. The summed E-state index contributed by atoms with van der Waals surface area (Å²) in [4.78, 5) is 15.4. The summed E-state index contributed by atoms with van der Waals surface area (Å²) in [5.74, 6) is -0.960. The minimum absolute atomic E-state index is 0.230. The number of rotatable bonds is 3. The SMILES string of the molecule is CCCc1nc2cc(Cl)ccn2c1C(=O)O. The van der Waals surface area contributed by atoms with Gasteiger partial charge in [0.1, 0.15) is 5.65 Å². The summed E-state index contributed by atoms with van der Waals surface area (Å²) in [6.45, 7) is 1.99. The zero-order valence-corrected chi connectivity index (χ0v) is 9.53. The van der Waals surface area contributed by atoms with Gasteiger partial charge >= 0.3 is 5.97 Å². The lowest BCUT2D eigenvalue weighted by Gasteiger charge is -1.98. The Labute approximate surface area is 97.5 Å². The maximum absolute atomic E-state index is 11.2. The molecule has 0 aliphatic heterocycles. The van der Waals surface area contributed by atoms with Crippen LogP contribution in [0.25, 0.3) is 5.65 Å². The molecule has 2 aromatic heterocycles. The first-order chi connectivity index (χ1) is 7.63. The molecule has 0 unspecified atom stereocenters. The second-order valence-corrected chi connectivity index (χ2v) is 3.97. The Balaban J connectivity index is 2.70. The summed E-state index contributed by atoms with van der Waals surface area (Å²) in [7, 11) is 0. The van der Waals surface area contributed by atoms with Gasteiger partial charge in [0, 0.05) is 17.3 Å². The standard InChI is InChI=1S/C11H11ClN2O2/c1-2-3-8-10(11(15)16)14-5-4-7(12)6-9(14)13-8/h4-6H,2-3H2,1H3,(H,15,16). The minimum Gasteiger partial charge on any atom is -0.477 e. The smallest absolute Gasteiger partial charge is 0.354 e. The summed E-state index contributed by atoms with van der Waals surface area (Å²) in [5, 5.41) is 9.71. The van der Waals surface area contributed by atoms with Crippen LogP contribution in [0.1, 0.15) is 29.5 Å². The van der Waals surface area contributed by atoms with Gasteiger partial charge in [0.15, 0.2) is 5.69 Å². The van der Waals surface area contributed by atoms with Crippen molar-refractivity contribution in [3.63, 3.8) is 0 Å². The van der Waals surface area contributed by atoms with E-state index in [1.165, 1.54) is 0 Å². The normalized spacial score (nSPS) is 10.9. The fourth-order valence-corrected chi connectivity index (χ4v) is 1.86. The number of aromatic nitrogens is 2. The summed E-state index contributed by atoms with van der Waals surface area (Å²) < 4.78 is 1.55. The molecule has 0 atom stereocenters. The monoisotopic (exact) mass is 238 g/mol. The third-order valence-electron chi connectivity index (χ3n) is 2.35. The van der Waals surface area contributed by atoms with Crippen LogP contribution in [-0.2, 0) is 6.42 Å². The van der Waals surface area contributed by atoms with Crippen molar-refractivity contribution in [1.82, 2.24) is 9.38 Å². The Morgan fingerprint density at radius 3 is 3.00 bits per heavy atom. The highest BCUT2D eigenvalue weighted by Gasteiger charge is 2.17. The average molecular weight is 239 g/mol. The van der Waals surface area contributed by atoms with Crippen molar-refractivity contribution in [2.75, 3.05) is 0 Å². The number of hydrogen-bond donors (Lipinski definition) is 1. The van der Waals surface area contributed by atoms with E-state index in [-0.39, 0.29) is 5.69 Å². The molecule has 0 saturated carbocycles. The highest BCUT2D eigenvalue weighted by molar-refractivity contribution is 6.30. The number of halogens is 1. The minimum atomic E-state index is -0.960. The maximum Gasteiger partial charge on any atom is 0.354 e. The Kier molecular flexibility index (Phi) is 2.83. The van der Waals surface area contributed by atoms with Crippen molar-refractivity contribution < 1.29 is 9.90 Å². The van der Waals surface area contributed by atoms with Gasteiger partial charge in [-0.2, -0.15) is 0 Å². The highest BCUT2D eigenvalue weighted by Crippen LogP contribution is 2.18. The molecular formula is C11H11ClN2O2. The van der Waals surface area contributed by atoms with Crippen LogP contribution in [0.2, 0.25) is 5.02 Å². The van der Waals surface area contributed by atoms with Gasteiger partial charge in [-0.1, -0.05) is 24.9 Å². The highest BCUT2D eigenvalue weighted by atomic mass is 35.5. The van der Waals surface area contributed by atoms with Crippen LogP contribution in [0.5, 0.6) is 0 Å². The van der Waals surface area contributed by atoms with Gasteiger partial charge in [0.2, 0.25) is 0 Å². The number of imidazole rings is 1. The number of hydrogen-bond acceptors (Lipinski definition) is 2. The second-order valence-electron chi connectivity index (χ2n) is 3.54. The van der Waals surface area contributed by atoms with Crippen LogP contribution in [0.15, 0.2) is 18.3 Å². The molecule has 2 rings (SSSR count). The van der Waals surface area contributed by atoms with Crippen LogP contribution in [0, 0.1) is 0 Å².